The van der Waals surface area contributed by atoms with Gasteiger partial charge in [-0.1, -0.05) is 13.3 Å². The molecule has 22 heavy (non-hydrogen) atoms. The maximum Gasteiger partial charge on any atom is 0.306 e. The Labute approximate surface area is 130 Å². The Hall–Kier alpha value is -1.46. The van der Waals surface area contributed by atoms with E-state index in [4.69, 9.17) is 5.11 Å². The highest BCUT2D eigenvalue weighted by molar-refractivity contribution is 5.85. The number of carboxylic acid groups (broad SMARTS) is 1. The number of amides is 1. The Morgan fingerprint density at radius 3 is 2.55 bits per heavy atom. The van der Waals surface area contributed by atoms with Crippen molar-refractivity contribution >= 4 is 11.9 Å². The van der Waals surface area contributed by atoms with Crippen LogP contribution >= 0.6 is 0 Å². The molecule has 3 aliphatic rings. The highest BCUT2D eigenvalue weighted by Crippen LogP contribution is 2.37. The Balaban J connectivity index is 1.58. The number of nitrogens with one attached hydrogen (secondary N) is 1. The van der Waals surface area contributed by atoms with Crippen LogP contribution in [0.3, 0.4) is 0 Å². The lowest BCUT2D eigenvalue weighted by atomic mass is 9.77. The van der Waals surface area contributed by atoms with Crippen molar-refractivity contribution < 1.29 is 14.7 Å². The summed E-state index contributed by atoms with van der Waals surface area (Å²) >= 11 is 0. The summed E-state index contributed by atoms with van der Waals surface area (Å²) in [5, 5.41) is 20.9. The largest absolute Gasteiger partial charge is 0.481 e. The quantitative estimate of drug-likeness (QED) is 0.784. The van der Waals surface area contributed by atoms with Gasteiger partial charge in [-0.3, -0.25) is 9.59 Å². The van der Waals surface area contributed by atoms with Crippen LogP contribution in [0.4, 0.5) is 0 Å². The van der Waals surface area contributed by atoms with Gasteiger partial charge in [0, 0.05) is 12.0 Å². The van der Waals surface area contributed by atoms with E-state index in [1.807, 2.05) is 0 Å². The minimum atomic E-state index is -0.704. The number of rotatable bonds is 3. The molecule has 2 N–H and O–H groups in total. The second kappa shape index (κ2) is 6.34. The minimum absolute atomic E-state index is 0.0201. The standard InChI is InChI=1S/C16H25N3O3/c1-9-3-2-4-12-13(9)17-15(20)14(12)19-18-11-7-5-10(6-8-11)16(21)22/h9-14H,2-8H2,1H3,(H,17,20)(H,21,22). The van der Waals surface area contributed by atoms with Gasteiger partial charge in [-0.15, -0.1) is 0 Å². The molecule has 4 atom stereocenters. The predicted octanol–water partition coefficient (Wildman–Crippen LogP) is 2.39. The summed E-state index contributed by atoms with van der Waals surface area (Å²) in [4.78, 5) is 23.1. The number of carbonyl (C=O) groups excluding carboxylic acids is 1. The van der Waals surface area contributed by atoms with Crippen LogP contribution in [-0.4, -0.2) is 35.1 Å². The third-order valence-electron chi connectivity index (χ3n) is 5.65. The van der Waals surface area contributed by atoms with E-state index in [-0.39, 0.29) is 35.9 Å². The van der Waals surface area contributed by atoms with E-state index in [1.54, 1.807) is 0 Å². The van der Waals surface area contributed by atoms with Crippen LogP contribution in [0.1, 0.15) is 51.9 Å². The average molecular weight is 307 g/mol. The molecular formula is C16H25N3O3. The maximum atomic E-state index is 12.2. The molecule has 0 radical (unpaired) electrons. The molecule has 0 aromatic rings. The van der Waals surface area contributed by atoms with Crippen LogP contribution in [0.15, 0.2) is 10.2 Å². The van der Waals surface area contributed by atoms with E-state index in [0.29, 0.717) is 18.8 Å². The summed E-state index contributed by atoms with van der Waals surface area (Å²) in [7, 11) is 0. The Morgan fingerprint density at radius 2 is 1.86 bits per heavy atom. The Morgan fingerprint density at radius 1 is 1.14 bits per heavy atom. The van der Waals surface area contributed by atoms with E-state index < -0.39 is 5.97 Å². The fourth-order valence-electron chi connectivity index (χ4n) is 4.25. The highest BCUT2D eigenvalue weighted by atomic mass is 16.4. The number of nitrogens with zero attached hydrogens (tertiary/aromatic N) is 2. The SMILES string of the molecule is CC1CCCC2C(N=NC3CCC(C(=O)O)CC3)C(=O)NC12. The lowest BCUT2D eigenvalue weighted by molar-refractivity contribution is -0.142. The molecule has 0 aromatic carbocycles. The molecule has 2 saturated carbocycles. The van der Waals surface area contributed by atoms with Gasteiger partial charge in [0.15, 0.2) is 6.04 Å². The van der Waals surface area contributed by atoms with E-state index in [1.165, 1.54) is 6.42 Å². The Kier molecular flexibility index (Phi) is 4.45. The van der Waals surface area contributed by atoms with Gasteiger partial charge >= 0.3 is 5.97 Å². The normalized spacial score (nSPS) is 42.1. The van der Waals surface area contributed by atoms with E-state index in [0.717, 1.165) is 25.7 Å². The molecule has 6 heteroatoms. The summed E-state index contributed by atoms with van der Waals surface area (Å²) in [6, 6.07) is 0.0151. The summed E-state index contributed by atoms with van der Waals surface area (Å²) in [5.74, 6) is -0.106. The average Bonchev–Trinajstić information content (AvgIpc) is 2.83. The Bertz CT molecular complexity index is 471. The summed E-state index contributed by atoms with van der Waals surface area (Å²) in [6.07, 6.45) is 6.23. The molecule has 1 aliphatic heterocycles. The van der Waals surface area contributed by atoms with Gasteiger partial charge in [-0.2, -0.15) is 10.2 Å². The van der Waals surface area contributed by atoms with Gasteiger partial charge in [0.1, 0.15) is 0 Å². The molecule has 1 heterocycles. The van der Waals surface area contributed by atoms with Gasteiger partial charge in [0.2, 0.25) is 5.91 Å². The van der Waals surface area contributed by atoms with Crippen molar-refractivity contribution in [2.45, 2.75) is 70.0 Å². The van der Waals surface area contributed by atoms with Crippen molar-refractivity contribution in [2.75, 3.05) is 0 Å². The van der Waals surface area contributed by atoms with Gasteiger partial charge in [-0.05, 0) is 44.4 Å². The summed E-state index contributed by atoms with van der Waals surface area (Å²) in [6.45, 7) is 2.20. The molecule has 4 unspecified atom stereocenters. The highest BCUT2D eigenvalue weighted by Gasteiger charge is 2.46. The van der Waals surface area contributed by atoms with Crippen LogP contribution in [0.2, 0.25) is 0 Å². The third kappa shape index (κ3) is 3.01. The third-order valence-corrected chi connectivity index (χ3v) is 5.65. The minimum Gasteiger partial charge on any atom is -0.481 e. The van der Waals surface area contributed by atoms with Crippen LogP contribution < -0.4 is 5.32 Å². The van der Waals surface area contributed by atoms with Crippen LogP contribution in [0.5, 0.6) is 0 Å². The summed E-state index contributed by atoms with van der Waals surface area (Å²) < 4.78 is 0. The van der Waals surface area contributed by atoms with Crippen molar-refractivity contribution in [3.63, 3.8) is 0 Å². The maximum absolute atomic E-state index is 12.2. The first-order valence-electron chi connectivity index (χ1n) is 8.49. The molecule has 0 aromatic heterocycles. The second-order valence-electron chi connectivity index (χ2n) is 7.13. The zero-order valence-electron chi connectivity index (χ0n) is 13.1. The molecular weight excluding hydrogens is 282 g/mol. The second-order valence-corrected chi connectivity index (χ2v) is 7.13. The lowest BCUT2D eigenvalue weighted by Gasteiger charge is -2.31. The van der Waals surface area contributed by atoms with Gasteiger partial charge < -0.3 is 10.4 Å². The number of hydrogen-bond donors (Lipinski definition) is 2. The first-order chi connectivity index (χ1) is 10.6. The van der Waals surface area contributed by atoms with Crippen LogP contribution in [0.25, 0.3) is 0 Å². The van der Waals surface area contributed by atoms with Crippen molar-refractivity contribution in [3.8, 4) is 0 Å². The van der Waals surface area contributed by atoms with Crippen LogP contribution in [-0.2, 0) is 9.59 Å². The number of azo groups is 1. The molecule has 3 fully saturated rings. The fraction of sp³-hybridized carbons (Fsp3) is 0.875. The number of hydrogen-bond acceptors (Lipinski definition) is 4. The van der Waals surface area contributed by atoms with E-state index in [2.05, 4.69) is 22.5 Å². The molecule has 3 rings (SSSR count). The van der Waals surface area contributed by atoms with Crippen molar-refractivity contribution in [1.82, 2.24) is 5.32 Å². The zero-order valence-corrected chi connectivity index (χ0v) is 13.1. The number of carboxylic acids is 1. The molecule has 6 nitrogen and oxygen atoms in total. The first kappa shape index (κ1) is 15.4. The van der Waals surface area contributed by atoms with Crippen LogP contribution in [0, 0.1) is 17.8 Å². The number of carbonyl (C=O) groups is 2. The molecule has 1 saturated heterocycles. The van der Waals surface area contributed by atoms with Crippen molar-refractivity contribution in [3.05, 3.63) is 0 Å². The summed E-state index contributed by atoms with van der Waals surface area (Å²) in [5.41, 5.74) is 0. The molecule has 122 valence electrons. The molecule has 1 amide bonds. The number of aliphatic carboxylic acids is 1. The van der Waals surface area contributed by atoms with Gasteiger partial charge in [-0.25, -0.2) is 0 Å². The first-order valence-corrected chi connectivity index (χ1v) is 8.49. The van der Waals surface area contributed by atoms with Gasteiger partial charge in [0.25, 0.3) is 0 Å². The van der Waals surface area contributed by atoms with Crippen molar-refractivity contribution in [1.29, 1.82) is 0 Å². The van der Waals surface area contributed by atoms with E-state index in [9.17, 15) is 9.59 Å². The monoisotopic (exact) mass is 307 g/mol. The topological polar surface area (TPSA) is 91.1 Å². The lowest BCUT2D eigenvalue weighted by Crippen LogP contribution is -2.38. The number of fused-ring (bicyclic) bond motifs is 1. The van der Waals surface area contributed by atoms with Crippen molar-refractivity contribution in [2.24, 2.45) is 28.0 Å². The zero-order chi connectivity index (χ0) is 15.7. The predicted molar refractivity (Wildman–Crippen MR) is 80.5 cm³/mol. The molecule has 2 aliphatic carbocycles. The smallest absolute Gasteiger partial charge is 0.306 e. The fourth-order valence-corrected chi connectivity index (χ4v) is 4.25. The molecule has 0 spiro atoms. The molecule has 0 bridgehead atoms. The van der Waals surface area contributed by atoms with Gasteiger partial charge in [0.05, 0.1) is 12.0 Å². The van der Waals surface area contributed by atoms with E-state index >= 15 is 0 Å².